The molecular formula is C18H26N2O3S. The van der Waals surface area contributed by atoms with Crippen molar-refractivity contribution >= 4 is 15.9 Å². The summed E-state index contributed by atoms with van der Waals surface area (Å²) in [5, 5.41) is 0. The summed E-state index contributed by atoms with van der Waals surface area (Å²) in [5.41, 5.74) is 0.906. The number of piperidine rings is 1. The second-order valence-electron chi connectivity index (χ2n) is 7.10. The lowest BCUT2D eigenvalue weighted by Crippen LogP contribution is -2.49. The van der Waals surface area contributed by atoms with Gasteiger partial charge in [-0.15, -0.1) is 0 Å². The molecule has 5 nitrogen and oxygen atoms in total. The first-order valence-electron chi connectivity index (χ1n) is 8.77. The molecule has 2 saturated heterocycles. The Morgan fingerprint density at radius 3 is 2.50 bits per heavy atom. The van der Waals surface area contributed by atoms with Crippen molar-refractivity contribution < 1.29 is 13.2 Å². The summed E-state index contributed by atoms with van der Waals surface area (Å²) in [6.45, 7) is 5.99. The Balaban J connectivity index is 1.81. The van der Waals surface area contributed by atoms with Gasteiger partial charge in [-0.3, -0.25) is 4.79 Å². The molecule has 1 amide bonds. The molecule has 2 aliphatic heterocycles. The lowest BCUT2D eigenvalue weighted by atomic mass is 9.98. The molecule has 0 unspecified atom stereocenters. The molecule has 6 heteroatoms. The van der Waals surface area contributed by atoms with E-state index in [-0.39, 0.29) is 10.8 Å². The molecule has 0 N–H and O–H groups in total. The zero-order chi connectivity index (χ0) is 17.3. The summed E-state index contributed by atoms with van der Waals surface area (Å²) >= 11 is 0. The van der Waals surface area contributed by atoms with E-state index in [4.69, 9.17) is 0 Å². The predicted octanol–water partition coefficient (Wildman–Crippen LogP) is 2.41. The van der Waals surface area contributed by atoms with Crippen molar-refractivity contribution in [1.29, 1.82) is 0 Å². The van der Waals surface area contributed by atoms with E-state index in [1.807, 2.05) is 17.9 Å². The lowest BCUT2D eigenvalue weighted by Gasteiger charge is -2.34. The molecule has 24 heavy (non-hydrogen) atoms. The molecule has 2 heterocycles. The highest BCUT2D eigenvalue weighted by molar-refractivity contribution is 7.89. The number of rotatable bonds is 3. The highest BCUT2D eigenvalue weighted by Gasteiger charge is 2.41. The number of amides is 1. The smallest absolute Gasteiger partial charge is 0.243 e. The lowest BCUT2D eigenvalue weighted by molar-refractivity contribution is -0.135. The van der Waals surface area contributed by atoms with Crippen LogP contribution in [0.15, 0.2) is 29.2 Å². The van der Waals surface area contributed by atoms with E-state index < -0.39 is 16.1 Å². The number of aryl methyl sites for hydroxylation is 1. The van der Waals surface area contributed by atoms with E-state index in [1.54, 1.807) is 18.2 Å². The van der Waals surface area contributed by atoms with Crippen molar-refractivity contribution in [1.82, 2.24) is 9.21 Å². The summed E-state index contributed by atoms with van der Waals surface area (Å²) in [6.07, 6.45) is 3.37. The van der Waals surface area contributed by atoms with E-state index in [1.165, 1.54) is 4.31 Å². The van der Waals surface area contributed by atoms with Crippen LogP contribution in [0.3, 0.4) is 0 Å². The van der Waals surface area contributed by atoms with Crippen molar-refractivity contribution in [2.24, 2.45) is 5.92 Å². The van der Waals surface area contributed by atoms with Crippen molar-refractivity contribution in [3.05, 3.63) is 29.8 Å². The summed E-state index contributed by atoms with van der Waals surface area (Å²) in [4.78, 5) is 15.0. The van der Waals surface area contributed by atoms with Gasteiger partial charge in [0.25, 0.3) is 0 Å². The average molecular weight is 350 g/mol. The van der Waals surface area contributed by atoms with Gasteiger partial charge in [0.1, 0.15) is 6.04 Å². The molecule has 0 bridgehead atoms. The van der Waals surface area contributed by atoms with Gasteiger partial charge in [0.15, 0.2) is 0 Å². The van der Waals surface area contributed by atoms with Crippen LogP contribution >= 0.6 is 0 Å². The molecule has 0 radical (unpaired) electrons. The highest BCUT2D eigenvalue weighted by atomic mass is 32.2. The quantitative estimate of drug-likeness (QED) is 0.841. The van der Waals surface area contributed by atoms with Gasteiger partial charge in [-0.1, -0.05) is 19.1 Å². The molecule has 1 atom stereocenters. The van der Waals surface area contributed by atoms with Crippen LogP contribution < -0.4 is 0 Å². The summed E-state index contributed by atoms with van der Waals surface area (Å²) < 4.78 is 27.4. The van der Waals surface area contributed by atoms with Crippen LogP contribution in [0.1, 0.15) is 38.2 Å². The minimum Gasteiger partial charge on any atom is -0.341 e. The SMILES string of the molecule is Cc1cccc(S(=O)(=O)N2CCC[C@@H]2C(=O)N2CCC(C)CC2)c1. The molecule has 2 fully saturated rings. The standard InChI is InChI=1S/C18H26N2O3S/c1-14-8-11-19(12-9-14)18(21)17-7-4-10-20(17)24(22,23)16-6-3-5-15(2)13-16/h3,5-6,13-14,17H,4,7-12H2,1-2H3/t17-/m1/s1. The first-order valence-corrected chi connectivity index (χ1v) is 10.2. The number of carbonyl (C=O) groups is 1. The van der Waals surface area contributed by atoms with Gasteiger partial charge in [-0.25, -0.2) is 8.42 Å². The van der Waals surface area contributed by atoms with E-state index in [0.29, 0.717) is 18.9 Å². The number of nitrogens with zero attached hydrogens (tertiary/aromatic N) is 2. The Bertz CT molecular complexity index is 709. The fraction of sp³-hybridized carbons (Fsp3) is 0.611. The minimum absolute atomic E-state index is 0.0179. The molecule has 0 aromatic heterocycles. The Hall–Kier alpha value is -1.40. The van der Waals surface area contributed by atoms with Crippen LogP contribution in [-0.4, -0.2) is 49.2 Å². The predicted molar refractivity (Wildman–Crippen MR) is 93.1 cm³/mol. The molecule has 3 rings (SSSR count). The summed E-state index contributed by atoms with van der Waals surface area (Å²) in [7, 11) is -3.62. The molecule has 132 valence electrons. The molecular weight excluding hydrogens is 324 g/mol. The molecule has 0 saturated carbocycles. The number of benzene rings is 1. The maximum atomic E-state index is 13.0. The fourth-order valence-corrected chi connectivity index (χ4v) is 5.38. The monoisotopic (exact) mass is 350 g/mol. The fourth-order valence-electron chi connectivity index (χ4n) is 3.63. The number of carbonyl (C=O) groups excluding carboxylic acids is 1. The zero-order valence-electron chi connectivity index (χ0n) is 14.4. The number of likely N-dealkylation sites (tertiary alicyclic amines) is 1. The summed E-state index contributed by atoms with van der Waals surface area (Å²) in [6, 6.07) is 6.38. The second kappa shape index (κ2) is 6.84. The Labute approximate surface area is 144 Å². The van der Waals surface area contributed by atoms with Gasteiger partial charge in [-0.2, -0.15) is 4.31 Å². The largest absolute Gasteiger partial charge is 0.341 e. The number of hydrogen-bond acceptors (Lipinski definition) is 3. The maximum Gasteiger partial charge on any atom is 0.243 e. The molecule has 1 aromatic rings. The topological polar surface area (TPSA) is 57.7 Å². The first-order chi connectivity index (χ1) is 11.4. The van der Waals surface area contributed by atoms with Crippen LogP contribution in [0, 0.1) is 12.8 Å². The molecule has 1 aromatic carbocycles. The third kappa shape index (κ3) is 3.35. The van der Waals surface area contributed by atoms with E-state index in [9.17, 15) is 13.2 Å². The molecule has 0 aliphatic carbocycles. The third-order valence-electron chi connectivity index (χ3n) is 5.18. The van der Waals surface area contributed by atoms with E-state index in [2.05, 4.69) is 6.92 Å². The van der Waals surface area contributed by atoms with Crippen molar-refractivity contribution in [2.75, 3.05) is 19.6 Å². The van der Waals surface area contributed by atoms with E-state index >= 15 is 0 Å². The van der Waals surface area contributed by atoms with Crippen LogP contribution in [0.4, 0.5) is 0 Å². The average Bonchev–Trinajstić information content (AvgIpc) is 3.05. The highest BCUT2D eigenvalue weighted by Crippen LogP contribution is 2.29. The van der Waals surface area contributed by atoms with Gasteiger partial charge in [0.05, 0.1) is 4.90 Å². The third-order valence-corrected chi connectivity index (χ3v) is 7.08. The zero-order valence-corrected chi connectivity index (χ0v) is 15.3. The first kappa shape index (κ1) is 17.4. The Kier molecular flexibility index (Phi) is 4.97. The normalized spacial score (nSPS) is 23.6. The summed E-state index contributed by atoms with van der Waals surface area (Å²) in [5.74, 6) is 0.625. The van der Waals surface area contributed by atoms with Crippen LogP contribution in [0.25, 0.3) is 0 Å². The Morgan fingerprint density at radius 2 is 1.83 bits per heavy atom. The minimum atomic E-state index is -3.62. The van der Waals surface area contributed by atoms with Gasteiger partial charge in [0, 0.05) is 19.6 Å². The number of hydrogen-bond donors (Lipinski definition) is 0. The van der Waals surface area contributed by atoms with Crippen LogP contribution in [0.2, 0.25) is 0 Å². The van der Waals surface area contributed by atoms with Crippen LogP contribution in [-0.2, 0) is 14.8 Å². The van der Waals surface area contributed by atoms with Gasteiger partial charge >= 0.3 is 0 Å². The molecule has 2 aliphatic rings. The van der Waals surface area contributed by atoms with E-state index in [0.717, 1.165) is 37.9 Å². The molecule has 0 spiro atoms. The van der Waals surface area contributed by atoms with Crippen molar-refractivity contribution in [2.45, 2.75) is 50.5 Å². The van der Waals surface area contributed by atoms with Gasteiger partial charge in [0.2, 0.25) is 15.9 Å². The van der Waals surface area contributed by atoms with Crippen LogP contribution in [0.5, 0.6) is 0 Å². The maximum absolute atomic E-state index is 13.0. The number of sulfonamides is 1. The van der Waals surface area contributed by atoms with Crippen molar-refractivity contribution in [3.8, 4) is 0 Å². The second-order valence-corrected chi connectivity index (χ2v) is 8.99. The Morgan fingerprint density at radius 1 is 1.12 bits per heavy atom. The van der Waals surface area contributed by atoms with Gasteiger partial charge in [-0.05, 0) is 56.2 Å². The van der Waals surface area contributed by atoms with Crippen molar-refractivity contribution in [3.63, 3.8) is 0 Å². The van der Waals surface area contributed by atoms with Gasteiger partial charge < -0.3 is 4.90 Å².